The zero-order valence-electron chi connectivity index (χ0n) is 21.1. The SMILES string of the molecule is CN1CCN(C2CCCN(c3cnc(C#N)c(Nc4cccc(NC(=O)OC(C)(C)C)c4)n3)C2)C1=O. The lowest BCUT2D eigenvalue weighted by atomic mass is 10.0. The molecule has 11 nitrogen and oxygen atoms in total. The summed E-state index contributed by atoms with van der Waals surface area (Å²) in [5.74, 6) is 0.966. The van der Waals surface area contributed by atoms with Crippen LogP contribution in [0.15, 0.2) is 30.5 Å². The molecule has 1 unspecified atom stereocenters. The van der Waals surface area contributed by atoms with E-state index in [1.807, 2.05) is 18.0 Å². The van der Waals surface area contributed by atoms with Crippen molar-refractivity contribution in [2.45, 2.75) is 45.3 Å². The van der Waals surface area contributed by atoms with Crippen molar-refractivity contribution in [3.63, 3.8) is 0 Å². The van der Waals surface area contributed by atoms with Gasteiger partial charge in [0.1, 0.15) is 17.5 Å². The van der Waals surface area contributed by atoms with Gasteiger partial charge in [-0.1, -0.05) is 6.07 Å². The van der Waals surface area contributed by atoms with E-state index in [1.54, 1.807) is 50.1 Å². The zero-order valence-corrected chi connectivity index (χ0v) is 21.1. The van der Waals surface area contributed by atoms with Gasteiger partial charge in [-0.05, 0) is 51.8 Å². The summed E-state index contributed by atoms with van der Waals surface area (Å²) in [5, 5.41) is 15.5. The van der Waals surface area contributed by atoms with E-state index in [1.165, 1.54) is 0 Å². The standard InChI is InChI=1S/C25H32N8O3/c1-25(2,3)36-23(34)29-18-8-5-7-17(13-18)28-22-20(14-26)27-15-21(30-22)32-10-6-9-19(16-32)33-12-11-31(4)24(33)35/h5,7-8,13,15,19H,6,9-12,16H2,1-4H3,(H,28,30)(H,29,34). The number of carbonyl (C=O) groups excluding carboxylic acids is 2. The maximum Gasteiger partial charge on any atom is 0.412 e. The molecule has 1 aromatic heterocycles. The van der Waals surface area contributed by atoms with Crippen molar-refractivity contribution in [3.05, 3.63) is 36.2 Å². The Labute approximate surface area is 211 Å². The average molecular weight is 493 g/mol. The Hall–Kier alpha value is -4.07. The van der Waals surface area contributed by atoms with Crippen molar-refractivity contribution < 1.29 is 14.3 Å². The number of nitrogens with zero attached hydrogens (tertiary/aromatic N) is 6. The smallest absolute Gasteiger partial charge is 0.412 e. The van der Waals surface area contributed by atoms with Crippen molar-refractivity contribution in [2.24, 2.45) is 0 Å². The molecule has 0 bridgehead atoms. The maximum atomic E-state index is 12.5. The summed E-state index contributed by atoms with van der Waals surface area (Å²) in [4.78, 5) is 39.4. The molecule has 36 heavy (non-hydrogen) atoms. The zero-order chi connectivity index (χ0) is 25.9. The van der Waals surface area contributed by atoms with Crippen LogP contribution in [0.3, 0.4) is 0 Å². The molecule has 3 amide bonds. The summed E-state index contributed by atoms with van der Waals surface area (Å²) in [5.41, 5.74) is 0.724. The Balaban J connectivity index is 1.49. The molecule has 4 rings (SSSR count). The van der Waals surface area contributed by atoms with E-state index in [0.29, 0.717) is 29.6 Å². The van der Waals surface area contributed by atoms with E-state index in [4.69, 9.17) is 9.72 Å². The van der Waals surface area contributed by atoms with E-state index in [2.05, 4.69) is 26.6 Å². The van der Waals surface area contributed by atoms with Crippen molar-refractivity contribution >= 4 is 35.1 Å². The number of amides is 3. The Kier molecular flexibility index (Phi) is 7.15. The number of likely N-dealkylation sites (N-methyl/N-ethyl adjacent to an activating group) is 1. The van der Waals surface area contributed by atoms with Crippen molar-refractivity contribution in [2.75, 3.05) is 48.8 Å². The van der Waals surface area contributed by atoms with Crippen LogP contribution in [0.1, 0.15) is 39.3 Å². The minimum atomic E-state index is -0.608. The summed E-state index contributed by atoms with van der Waals surface area (Å²) in [7, 11) is 1.82. The number of carbonyl (C=O) groups is 2. The van der Waals surface area contributed by atoms with Gasteiger partial charge < -0.3 is 24.8 Å². The predicted molar refractivity (Wildman–Crippen MR) is 136 cm³/mol. The van der Waals surface area contributed by atoms with Crippen LogP contribution in [0.25, 0.3) is 0 Å². The average Bonchev–Trinajstić information content (AvgIpc) is 3.16. The van der Waals surface area contributed by atoms with E-state index < -0.39 is 11.7 Å². The molecule has 2 fully saturated rings. The lowest BCUT2D eigenvalue weighted by Crippen LogP contribution is -2.49. The van der Waals surface area contributed by atoms with Crippen LogP contribution in [0.2, 0.25) is 0 Å². The van der Waals surface area contributed by atoms with Crippen LogP contribution in [0.5, 0.6) is 0 Å². The highest BCUT2D eigenvalue weighted by molar-refractivity contribution is 5.86. The number of aromatic nitrogens is 2. The number of anilines is 4. The van der Waals surface area contributed by atoms with Gasteiger partial charge in [0, 0.05) is 44.6 Å². The molecule has 2 saturated heterocycles. The number of hydrogen-bond acceptors (Lipinski definition) is 8. The predicted octanol–water partition coefficient (Wildman–Crippen LogP) is 3.78. The van der Waals surface area contributed by atoms with Gasteiger partial charge in [0.05, 0.1) is 12.2 Å². The van der Waals surface area contributed by atoms with Crippen molar-refractivity contribution in [3.8, 4) is 6.07 Å². The minimum absolute atomic E-state index is 0.0648. The number of piperidine rings is 1. The lowest BCUT2D eigenvalue weighted by molar-refractivity contribution is 0.0636. The Bertz CT molecular complexity index is 1170. The first-order valence-electron chi connectivity index (χ1n) is 12.0. The fourth-order valence-corrected chi connectivity index (χ4v) is 4.36. The van der Waals surface area contributed by atoms with E-state index >= 15 is 0 Å². The topological polar surface area (TPSA) is 127 Å². The minimum Gasteiger partial charge on any atom is -0.444 e. The number of benzene rings is 1. The number of nitriles is 1. The Morgan fingerprint density at radius 1 is 1.22 bits per heavy atom. The summed E-state index contributed by atoms with van der Waals surface area (Å²) in [6.07, 6.45) is 2.93. The van der Waals surface area contributed by atoms with Crippen LogP contribution in [0.4, 0.5) is 32.6 Å². The molecule has 11 heteroatoms. The number of ether oxygens (including phenoxy) is 1. The molecule has 190 valence electrons. The van der Waals surface area contributed by atoms with E-state index in [0.717, 1.165) is 32.5 Å². The van der Waals surface area contributed by atoms with Gasteiger partial charge in [0.25, 0.3) is 0 Å². The van der Waals surface area contributed by atoms with Crippen LogP contribution in [-0.2, 0) is 4.74 Å². The quantitative estimate of drug-likeness (QED) is 0.646. The normalized spacial score (nSPS) is 18.1. The molecule has 0 radical (unpaired) electrons. The molecular formula is C25H32N8O3. The maximum absolute atomic E-state index is 12.5. The number of urea groups is 1. The van der Waals surface area contributed by atoms with Gasteiger partial charge in [0.2, 0.25) is 0 Å². The molecule has 1 aromatic carbocycles. The van der Waals surface area contributed by atoms with Crippen LogP contribution in [0, 0.1) is 11.3 Å². The molecule has 2 aliphatic heterocycles. The van der Waals surface area contributed by atoms with Crippen LogP contribution in [-0.4, -0.2) is 76.8 Å². The summed E-state index contributed by atoms with van der Waals surface area (Å²) in [6, 6.07) is 9.31. The Morgan fingerprint density at radius 2 is 2.00 bits per heavy atom. The van der Waals surface area contributed by atoms with Crippen molar-refractivity contribution in [1.29, 1.82) is 5.26 Å². The van der Waals surface area contributed by atoms with Crippen LogP contribution < -0.4 is 15.5 Å². The molecule has 2 aromatic rings. The Morgan fingerprint density at radius 3 is 2.69 bits per heavy atom. The molecule has 2 aliphatic rings. The van der Waals surface area contributed by atoms with Gasteiger partial charge >= 0.3 is 12.1 Å². The molecule has 2 N–H and O–H groups in total. The molecule has 0 spiro atoms. The third kappa shape index (κ3) is 5.94. The largest absolute Gasteiger partial charge is 0.444 e. The van der Waals surface area contributed by atoms with Gasteiger partial charge in [-0.2, -0.15) is 5.26 Å². The number of hydrogen-bond donors (Lipinski definition) is 2. The number of rotatable bonds is 5. The molecule has 0 saturated carbocycles. The highest BCUT2D eigenvalue weighted by Gasteiger charge is 2.34. The monoisotopic (exact) mass is 492 g/mol. The van der Waals surface area contributed by atoms with Gasteiger partial charge in [-0.15, -0.1) is 0 Å². The first kappa shape index (κ1) is 25.0. The lowest BCUT2D eigenvalue weighted by Gasteiger charge is -2.37. The second-order valence-electron chi connectivity index (χ2n) is 10.0. The highest BCUT2D eigenvalue weighted by atomic mass is 16.6. The summed E-state index contributed by atoms with van der Waals surface area (Å²) < 4.78 is 5.31. The summed E-state index contributed by atoms with van der Waals surface area (Å²) in [6.45, 7) is 8.32. The van der Waals surface area contributed by atoms with Gasteiger partial charge in [-0.3, -0.25) is 5.32 Å². The van der Waals surface area contributed by atoms with Gasteiger partial charge in [0.15, 0.2) is 11.5 Å². The highest BCUT2D eigenvalue weighted by Crippen LogP contribution is 2.27. The fourth-order valence-electron chi connectivity index (χ4n) is 4.36. The second kappa shape index (κ2) is 10.3. The second-order valence-corrected chi connectivity index (χ2v) is 10.0. The van der Waals surface area contributed by atoms with Crippen LogP contribution >= 0.6 is 0 Å². The first-order valence-corrected chi connectivity index (χ1v) is 12.0. The third-order valence-electron chi connectivity index (χ3n) is 6.05. The summed E-state index contributed by atoms with van der Waals surface area (Å²) >= 11 is 0. The van der Waals surface area contributed by atoms with Crippen molar-refractivity contribution in [1.82, 2.24) is 19.8 Å². The molecule has 3 heterocycles. The van der Waals surface area contributed by atoms with E-state index in [9.17, 15) is 14.9 Å². The molecular weight excluding hydrogens is 460 g/mol. The first-order chi connectivity index (χ1) is 17.1. The molecule has 0 aliphatic carbocycles. The van der Waals surface area contributed by atoms with Gasteiger partial charge in [-0.25, -0.2) is 19.6 Å². The molecule has 1 atom stereocenters. The fraction of sp³-hybridized carbons (Fsp3) is 0.480. The van der Waals surface area contributed by atoms with E-state index in [-0.39, 0.29) is 17.8 Å². The number of nitrogens with one attached hydrogen (secondary N) is 2. The third-order valence-corrected chi connectivity index (χ3v) is 6.05.